The summed E-state index contributed by atoms with van der Waals surface area (Å²) in [5.74, 6) is 1.79. The van der Waals surface area contributed by atoms with Gasteiger partial charge in [-0.3, -0.25) is 0 Å². The first-order chi connectivity index (χ1) is 5.29. The summed E-state index contributed by atoms with van der Waals surface area (Å²) in [5.41, 5.74) is 0. The summed E-state index contributed by atoms with van der Waals surface area (Å²) in [5, 5.41) is 0. The normalized spacial score (nSPS) is 24.5. The molecular weight excluding hydrogens is 132 g/mol. The smallest absolute Gasteiger partial charge is 0.0233 e. The Balaban J connectivity index is 2.15. The molecule has 1 aliphatic rings. The van der Waals surface area contributed by atoms with Crippen LogP contribution in [-0.4, -0.2) is 0 Å². The second-order valence-electron chi connectivity index (χ2n) is 4.09. The Morgan fingerprint density at radius 3 is 2.82 bits per heavy atom. The lowest BCUT2D eigenvalue weighted by Crippen LogP contribution is -2.02. The van der Waals surface area contributed by atoms with Crippen molar-refractivity contribution in [2.24, 2.45) is 11.8 Å². The van der Waals surface area contributed by atoms with Gasteiger partial charge in [0, 0.05) is 0 Å². The minimum absolute atomic E-state index is 0.880. The minimum atomic E-state index is 0.880. The molecule has 0 fully saturated rings. The van der Waals surface area contributed by atoms with E-state index in [1.165, 1.54) is 32.1 Å². The summed E-state index contributed by atoms with van der Waals surface area (Å²) in [4.78, 5) is 0. The van der Waals surface area contributed by atoms with Gasteiger partial charge in [-0.15, -0.1) is 0 Å². The standard InChI is InChI=1S/C11H20/c1-10(2)8-9-11-6-4-3-5-7-11/h4,6,10-11H,3,5,7-9H2,1-2H3. The molecule has 0 aromatic heterocycles. The van der Waals surface area contributed by atoms with Crippen molar-refractivity contribution >= 4 is 0 Å². The Labute approximate surface area is 70.7 Å². The Bertz CT molecular complexity index is 122. The largest absolute Gasteiger partial charge is 0.0883 e. The van der Waals surface area contributed by atoms with Crippen molar-refractivity contribution in [3.8, 4) is 0 Å². The van der Waals surface area contributed by atoms with Crippen LogP contribution in [0.4, 0.5) is 0 Å². The molecule has 1 atom stereocenters. The van der Waals surface area contributed by atoms with E-state index in [1.807, 2.05) is 0 Å². The highest BCUT2D eigenvalue weighted by Gasteiger charge is 2.08. The van der Waals surface area contributed by atoms with E-state index in [-0.39, 0.29) is 0 Å². The molecule has 0 heterocycles. The summed E-state index contributed by atoms with van der Waals surface area (Å²) in [6.45, 7) is 4.62. The van der Waals surface area contributed by atoms with Crippen molar-refractivity contribution in [3.05, 3.63) is 12.2 Å². The van der Waals surface area contributed by atoms with Gasteiger partial charge in [0.1, 0.15) is 0 Å². The van der Waals surface area contributed by atoms with Gasteiger partial charge >= 0.3 is 0 Å². The Hall–Kier alpha value is -0.260. The van der Waals surface area contributed by atoms with Crippen molar-refractivity contribution in [1.82, 2.24) is 0 Å². The van der Waals surface area contributed by atoms with Crippen LogP contribution >= 0.6 is 0 Å². The molecule has 0 aromatic rings. The third-order valence-corrected chi connectivity index (χ3v) is 2.47. The number of rotatable bonds is 3. The highest BCUT2D eigenvalue weighted by atomic mass is 14.1. The highest BCUT2D eigenvalue weighted by Crippen LogP contribution is 2.23. The second-order valence-corrected chi connectivity index (χ2v) is 4.09. The number of hydrogen-bond donors (Lipinski definition) is 0. The van der Waals surface area contributed by atoms with Crippen LogP contribution in [0.5, 0.6) is 0 Å². The first kappa shape index (κ1) is 8.83. The molecule has 0 amide bonds. The maximum Gasteiger partial charge on any atom is -0.0233 e. The summed E-state index contributed by atoms with van der Waals surface area (Å²) in [6, 6.07) is 0. The van der Waals surface area contributed by atoms with Gasteiger partial charge in [-0.1, -0.05) is 32.4 Å². The van der Waals surface area contributed by atoms with Crippen molar-refractivity contribution in [2.75, 3.05) is 0 Å². The topological polar surface area (TPSA) is 0 Å². The predicted molar refractivity (Wildman–Crippen MR) is 50.6 cm³/mol. The molecular formula is C11H20. The van der Waals surface area contributed by atoms with Crippen LogP contribution in [0.15, 0.2) is 12.2 Å². The van der Waals surface area contributed by atoms with Gasteiger partial charge in [0.2, 0.25) is 0 Å². The van der Waals surface area contributed by atoms with E-state index in [1.54, 1.807) is 0 Å². The maximum atomic E-state index is 2.42. The molecule has 0 heteroatoms. The van der Waals surface area contributed by atoms with E-state index in [0.29, 0.717) is 0 Å². The zero-order valence-electron chi connectivity index (χ0n) is 7.84. The van der Waals surface area contributed by atoms with E-state index in [0.717, 1.165) is 11.8 Å². The van der Waals surface area contributed by atoms with E-state index in [2.05, 4.69) is 26.0 Å². The van der Waals surface area contributed by atoms with E-state index in [4.69, 9.17) is 0 Å². The van der Waals surface area contributed by atoms with Gasteiger partial charge in [0.15, 0.2) is 0 Å². The summed E-state index contributed by atoms with van der Waals surface area (Å²) >= 11 is 0. The number of allylic oxidation sites excluding steroid dienone is 2. The Morgan fingerprint density at radius 2 is 2.27 bits per heavy atom. The van der Waals surface area contributed by atoms with Gasteiger partial charge < -0.3 is 0 Å². The zero-order chi connectivity index (χ0) is 8.10. The van der Waals surface area contributed by atoms with Gasteiger partial charge in [-0.05, 0) is 37.5 Å². The number of hydrogen-bond acceptors (Lipinski definition) is 0. The lowest BCUT2D eigenvalue weighted by Gasteiger charge is -2.16. The lowest BCUT2D eigenvalue weighted by atomic mass is 9.90. The summed E-state index contributed by atoms with van der Waals surface area (Å²) < 4.78 is 0. The van der Waals surface area contributed by atoms with Crippen molar-refractivity contribution in [2.45, 2.75) is 46.0 Å². The molecule has 1 rings (SSSR count). The predicted octanol–water partition coefficient (Wildman–Crippen LogP) is 3.78. The van der Waals surface area contributed by atoms with Crippen LogP contribution in [0.25, 0.3) is 0 Å². The molecule has 1 aliphatic carbocycles. The van der Waals surface area contributed by atoms with Crippen molar-refractivity contribution in [1.29, 1.82) is 0 Å². The molecule has 0 nitrogen and oxygen atoms in total. The average molecular weight is 152 g/mol. The van der Waals surface area contributed by atoms with Crippen LogP contribution in [-0.2, 0) is 0 Å². The fourth-order valence-corrected chi connectivity index (χ4v) is 1.67. The van der Waals surface area contributed by atoms with Crippen LogP contribution in [0.1, 0.15) is 46.0 Å². The molecule has 0 spiro atoms. The molecule has 0 aliphatic heterocycles. The average Bonchev–Trinajstić information content (AvgIpc) is 2.03. The molecule has 0 aromatic carbocycles. The molecule has 0 bridgehead atoms. The van der Waals surface area contributed by atoms with Crippen LogP contribution < -0.4 is 0 Å². The molecule has 0 saturated carbocycles. The van der Waals surface area contributed by atoms with E-state index in [9.17, 15) is 0 Å². The fourth-order valence-electron chi connectivity index (χ4n) is 1.67. The van der Waals surface area contributed by atoms with Gasteiger partial charge in [0.05, 0.1) is 0 Å². The molecule has 0 N–H and O–H groups in total. The Morgan fingerprint density at radius 1 is 1.45 bits per heavy atom. The monoisotopic (exact) mass is 152 g/mol. The third kappa shape index (κ3) is 3.60. The second kappa shape index (κ2) is 4.58. The highest BCUT2D eigenvalue weighted by molar-refractivity contribution is 4.92. The Kier molecular flexibility index (Phi) is 3.68. The summed E-state index contributed by atoms with van der Waals surface area (Å²) in [6.07, 6.45) is 11.8. The summed E-state index contributed by atoms with van der Waals surface area (Å²) in [7, 11) is 0. The molecule has 0 saturated heterocycles. The van der Waals surface area contributed by atoms with Crippen LogP contribution in [0.2, 0.25) is 0 Å². The minimum Gasteiger partial charge on any atom is -0.0883 e. The first-order valence-corrected chi connectivity index (χ1v) is 4.95. The van der Waals surface area contributed by atoms with Gasteiger partial charge in [-0.25, -0.2) is 0 Å². The quantitative estimate of drug-likeness (QED) is 0.540. The first-order valence-electron chi connectivity index (χ1n) is 4.95. The zero-order valence-corrected chi connectivity index (χ0v) is 7.84. The van der Waals surface area contributed by atoms with Crippen LogP contribution in [0, 0.1) is 11.8 Å². The van der Waals surface area contributed by atoms with Gasteiger partial charge in [-0.2, -0.15) is 0 Å². The van der Waals surface area contributed by atoms with Crippen molar-refractivity contribution in [3.63, 3.8) is 0 Å². The maximum absolute atomic E-state index is 2.42. The lowest BCUT2D eigenvalue weighted by molar-refractivity contribution is 0.442. The fraction of sp³-hybridized carbons (Fsp3) is 0.818. The molecule has 11 heavy (non-hydrogen) atoms. The third-order valence-electron chi connectivity index (χ3n) is 2.47. The SMILES string of the molecule is CC(C)CCC1C=CCCC1. The molecule has 0 radical (unpaired) electrons. The van der Waals surface area contributed by atoms with E-state index < -0.39 is 0 Å². The van der Waals surface area contributed by atoms with E-state index >= 15 is 0 Å². The van der Waals surface area contributed by atoms with Gasteiger partial charge in [0.25, 0.3) is 0 Å². The molecule has 1 unspecified atom stereocenters. The van der Waals surface area contributed by atoms with Crippen LogP contribution in [0.3, 0.4) is 0 Å². The molecule has 64 valence electrons. The van der Waals surface area contributed by atoms with Crippen molar-refractivity contribution < 1.29 is 0 Å².